The van der Waals surface area contributed by atoms with E-state index in [4.69, 9.17) is 10.5 Å². The average molecular weight is 257 g/mol. The number of aromatic nitrogens is 1. The number of hydrogen-bond donors (Lipinski definition) is 2. The third-order valence-corrected chi connectivity index (χ3v) is 2.55. The highest BCUT2D eigenvalue weighted by molar-refractivity contribution is 5.90. The first-order valence-electron chi connectivity index (χ1n) is 5.77. The number of pyridine rings is 1. The third kappa shape index (κ3) is 3.22. The van der Waals surface area contributed by atoms with Crippen molar-refractivity contribution in [3.8, 4) is 17.0 Å². The lowest BCUT2D eigenvalue weighted by atomic mass is 10.1. The van der Waals surface area contributed by atoms with Gasteiger partial charge >= 0.3 is 0 Å². The Morgan fingerprint density at radius 2 is 2.05 bits per heavy atom. The number of nitrogens with zero attached hydrogens (tertiary/aromatic N) is 1. The van der Waals surface area contributed by atoms with E-state index in [1.165, 1.54) is 6.92 Å². The summed E-state index contributed by atoms with van der Waals surface area (Å²) in [5, 5.41) is 2.71. The molecule has 0 bridgehead atoms. The highest BCUT2D eigenvalue weighted by atomic mass is 16.5. The first-order valence-corrected chi connectivity index (χ1v) is 5.77. The Labute approximate surface area is 111 Å². The second-order valence-electron chi connectivity index (χ2n) is 4.11. The van der Waals surface area contributed by atoms with Crippen LogP contribution in [-0.4, -0.2) is 18.0 Å². The van der Waals surface area contributed by atoms with Gasteiger partial charge in [0.2, 0.25) is 11.8 Å². The molecule has 3 N–H and O–H groups in total. The number of nitrogen functional groups attached to an aromatic ring is 1. The Kier molecular flexibility index (Phi) is 3.66. The van der Waals surface area contributed by atoms with Gasteiger partial charge in [-0.05, 0) is 29.8 Å². The minimum atomic E-state index is -0.135. The molecule has 0 unspecified atom stereocenters. The van der Waals surface area contributed by atoms with Crippen molar-refractivity contribution in [1.82, 2.24) is 4.98 Å². The number of methoxy groups -OCH3 is 1. The maximum Gasteiger partial charge on any atom is 0.221 e. The van der Waals surface area contributed by atoms with Crippen molar-refractivity contribution < 1.29 is 9.53 Å². The topological polar surface area (TPSA) is 77.2 Å². The van der Waals surface area contributed by atoms with E-state index in [0.717, 1.165) is 11.1 Å². The number of hydrogen-bond acceptors (Lipinski definition) is 4. The molecule has 98 valence electrons. The van der Waals surface area contributed by atoms with Gasteiger partial charge in [-0.1, -0.05) is 0 Å². The van der Waals surface area contributed by atoms with Crippen LogP contribution in [0.15, 0.2) is 36.5 Å². The molecule has 0 fully saturated rings. The highest BCUT2D eigenvalue weighted by Crippen LogP contribution is 2.26. The highest BCUT2D eigenvalue weighted by Gasteiger charge is 2.04. The van der Waals surface area contributed by atoms with Gasteiger partial charge in [0.15, 0.2) is 0 Å². The van der Waals surface area contributed by atoms with Gasteiger partial charge in [-0.15, -0.1) is 0 Å². The van der Waals surface area contributed by atoms with E-state index in [1.54, 1.807) is 25.4 Å². The van der Waals surface area contributed by atoms with Gasteiger partial charge in [0.05, 0.1) is 7.11 Å². The van der Waals surface area contributed by atoms with Crippen LogP contribution < -0.4 is 15.8 Å². The number of nitrogens with two attached hydrogens (primary N) is 1. The molecule has 5 heteroatoms. The van der Waals surface area contributed by atoms with Crippen molar-refractivity contribution in [2.75, 3.05) is 18.2 Å². The minimum absolute atomic E-state index is 0.135. The number of amides is 1. The SMILES string of the molecule is COc1ccc(-c2cc(N)cc(NC(C)=O)c2)cn1. The zero-order chi connectivity index (χ0) is 13.8. The summed E-state index contributed by atoms with van der Waals surface area (Å²) < 4.78 is 5.01. The van der Waals surface area contributed by atoms with Crippen LogP contribution in [0.25, 0.3) is 11.1 Å². The smallest absolute Gasteiger partial charge is 0.221 e. The summed E-state index contributed by atoms with van der Waals surface area (Å²) in [6.45, 7) is 1.46. The van der Waals surface area contributed by atoms with Crippen LogP contribution in [0.2, 0.25) is 0 Å². The normalized spacial score (nSPS) is 10.0. The molecule has 0 radical (unpaired) electrons. The minimum Gasteiger partial charge on any atom is -0.481 e. The summed E-state index contributed by atoms with van der Waals surface area (Å²) in [6.07, 6.45) is 1.70. The average Bonchev–Trinajstić information content (AvgIpc) is 2.37. The first-order chi connectivity index (χ1) is 9.08. The van der Waals surface area contributed by atoms with Gasteiger partial charge in [-0.2, -0.15) is 0 Å². The summed E-state index contributed by atoms with van der Waals surface area (Å²) in [5.41, 5.74) is 8.87. The van der Waals surface area contributed by atoms with Crippen LogP contribution in [0.3, 0.4) is 0 Å². The summed E-state index contributed by atoms with van der Waals surface area (Å²) in [5.74, 6) is 0.416. The Morgan fingerprint density at radius 1 is 1.26 bits per heavy atom. The van der Waals surface area contributed by atoms with E-state index < -0.39 is 0 Å². The number of nitrogens with one attached hydrogen (secondary N) is 1. The van der Waals surface area contributed by atoms with Crippen LogP contribution >= 0.6 is 0 Å². The maximum atomic E-state index is 11.1. The van der Waals surface area contributed by atoms with Gasteiger partial charge in [0, 0.05) is 36.1 Å². The molecular weight excluding hydrogens is 242 g/mol. The lowest BCUT2D eigenvalue weighted by Crippen LogP contribution is -2.06. The Hall–Kier alpha value is -2.56. The monoisotopic (exact) mass is 257 g/mol. The van der Waals surface area contributed by atoms with E-state index in [1.807, 2.05) is 18.2 Å². The fraction of sp³-hybridized carbons (Fsp3) is 0.143. The fourth-order valence-electron chi connectivity index (χ4n) is 1.77. The number of carbonyl (C=O) groups is 1. The quantitative estimate of drug-likeness (QED) is 0.827. The van der Waals surface area contributed by atoms with E-state index in [-0.39, 0.29) is 5.91 Å². The van der Waals surface area contributed by atoms with Gasteiger partial charge in [0.25, 0.3) is 0 Å². The van der Waals surface area contributed by atoms with Crippen LogP contribution in [0.5, 0.6) is 5.88 Å². The Morgan fingerprint density at radius 3 is 2.63 bits per heavy atom. The van der Waals surface area contributed by atoms with Crippen molar-refractivity contribution in [2.24, 2.45) is 0 Å². The van der Waals surface area contributed by atoms with Crippen LogP contribution in [0.4, 0.5) is 11.4 Å². The van der Waals surface area contributed by atoms with Crippen molar-refractivity contribution in [2.45, 2.75) is 6.92 Å². The second kappa shape index (κ2) is 5.39. The van der Waals surface area contributed by atoms with Crippen LogP contribution in [-0.2, 0) is 4.79 Å². The van der Waals surface area contributed by atoms with Gasteiger partial charge in [-0.3, -0.25) is 4.79 Å². The molecule has 2 rings (SSSR count). The van der Waals surface area contributed by atoms with E-state index in [9.17, 15) is 4.79 Å². The largest absolute Gasteiger partial charge is 0.481 e. The van der Waals surface area contributed by atoms with Crippen LogP contribution in [0.1, 0.15) is 6.92 Å². The van der Waals surface area contributed by atoms with Gasteiger partial charge in [-0.25, -0.2) is 4.98 Å². The molecule has 0 saturated heterocycles. The summed E-state index contributed by atoms with van der Waals surface area (Å²) in [6, 6.07) is 9.05. The molecule has 0 aliphatic rings. The summed E-state index contributed by atoms with van der Waals surface area (Å²) in [7, 11) is 1.57. The molecule has 0 saturated carbocycles. The summed E-state index contributed by atoms with van der Waals surface area (Å²) >= 11 is 0. The zero-order valence-electron chi connectivity index (χ0n) is 10.8. The standard InChI is InChI=1S/C14H15N3O2/c1-9(18)17-13-6-11(5-12(15)7-13)10-3-4-14(19-2)16-8-10/h3-8H,15H2,1-2H3,(H,17,18). The Balaban J connectivity index is 2.37. The molecule has 0 atom stereocenters. The first kappa shape index (κ1) is 12.9. The number of ether oxygens (including phenoxy) is 1. The second-order valence-corrected chi connectivity index (χ2v) is 4.11. The number of carbonyl (C=O) groups excluding carboxylic acids is 1. The molecule has 1 aromatic heterocycles. The number of anilines is 2. The molecular formula is C14H15N3O2. The number of rotatable bonds is 3. The van der Waals surface area contributed by atoms with Crippen molar-refractivity contribution in [3.05, 3.63) is 36.5 Å². The van der Waals surface area contributed by atoms with Crippen molar-refractivity contribution in [1.29, 1.82) is 0 Å². The molecule has 1 amide bonds. The lowest BCUT2D eigenvalue weighted by molar-refractivity contribution is -0.114. The van der Waals surface area contributed by atoms with Gasteiger partial charge < -0.3 is 15.8 Å². The molecule has 0 aliphatic carbocycles. The lowest BCUT2D eigenvalue weighted by Gasteiger charge is -2.08. The summed E-state index contributed by atoms with van der Waals surface area (Å²) in [4.78, 5) is 15.2. The third-order valence-electron chi connectivity index (χ3n) is 2.55. The molecule has 1 aromatic carbocycles. The van der Waals surface area contributed by atoms with E-state index in [0.29, 0.717) is 17.3 Å². The molecule has 5 nitrogen and oxygen atoms in total. The molecule has 0 spiro atoms. The van der Waals surface area contributed by atoms with Crippen molar-refractivity contribution in [3.63, 3.8) is 0 Å². The fourth-order valence-corrected chi connectivity index (χ4v) is 1.77. The van der Waals surface area contributed by atoms with Crippen LogP contribution in [0, 0.1) is 0 Å². The Bertz CT molecular complexity index is 594. The van der Waals surface area contributed by atoms with Crippen molar-refractivity contribution >= 4 is 17.3 Å². The number of benzene rings is 1. The van der Waals surface area contributed by atoms with E-state index >= 15 is 0 Å². The van der Waals surface area contributed by atoms with Gasteiger partial charge in [0.1, 0.15) is 0 Å². The molecule has 0 aliphatic heterocycles. The predicted molar refractivity (Wildman–Crippen MR) is 74.9 cm³/mol. The molecule has 1 heterocycles. The zero-order valence-corrected chi connectivity index (χ0v) is 10.8. The molecule has 19 heavy (non-hydrogen) atoms. The van der Waals surface area contributed by atoms with E-state index in [2.05, 4.69) is 10.3 Å². The predicted octanol–water partition coefficient (Wildman–Crippen LogP) is 2.30. The maximum absolute atomic E-state index is 11.1. The molecule has 2 aromatic rings.